The molecule has 0 aromatic heterocycles. The quantitative estimate of drug-likeness (QED) is 0.360. The normalized spacial score (nSPS) is 7.50. The van der Waals surface area contributed by atoms with Crippen LogP contribution in [0.4, 0.5) is 0 Å². The number of rotatable bonds is 1. The van der Waals surface area contributed by atoms with Gasteiger partial charge < -0.3 is 5.73 Å². The van der Waals surface area contributed by atoms with E-state index in [4.69, 9.17) is 5.73 Å². The zero-order valence-electron chi connectivity index (χ0n) is 3.14. The molecule has 2 N–H and O–H groups in total. The molecule has 0 rings (SSSR count). The highest BCUT2D eigenvalue weighted by molar-refractivity contribution is 7.97. The van der Waals surface area contributed by atoms with Gasteiger partial charge in [0.1, 0.15) is 0 Å². The van der Waals surface area contributed by atoms with Gasteiger partial charge in [0.05, 0.1) is 5.70 Å². The van der Waals surface area contributed by atoms with Crippen LogP contribution < -0.4 is 5.73 Å². The minimum atomic E-state index is -0.463. The molecule has 2 nitrogen and oxygen atoms in total. The Morgan fingerprint density at radius 3 is 2.00 bits per heavy atom. The topological polar surface area (TPSA) is 43.1 Å². The molecule has 0 aliphatic heterocycles. The first-order chi connectivity index (χ1) is 2.64. The monoisotopic (exact) mass is 103 g/mol. The molecule has 0 amide bonds. The second-order valence-electron chi connectivity index (χ2n) is 0.830. The fraction of sp³-hybridized carbons (Fsp3) is 0. The molecule has 0 radical (unpaired) electrons. The summed E-state index contributed by atoms with van der Waals surface area (Å²) >= 11 is 3.33. The highest BCUT2D eigenvalue weighted by Crippen LogP contribution is 1.82. The van der Waals surface area contributed by atoms with Crippen LogP contribution in [-0.2, 0) is 4.79 Å². The molecule has 0 spiro atoms. The highest BCUT2D eigenvalue weighted by Gasteiger charge is 1.88. The lowest BCUT2D eigenvalue weighted by Gasteiger charge is -1.81. The molecule has 34 valence electrons. The van der Waals surface area contributed by atoms with Crippen molar-refractivity contribution in [3.8, 4) is 0 Å². The summed E-state index contributed by atoms with van der Waals surface area (Å²) in [4.78, 5) is 9.78. The Balaban J connectivity index is 3.57. The first-order valence-corrected chi connectivity index (χ1v) is 1.77. The maximum absolute atomic E-state index is 9.78. The molecule has 0 aliphatic carbocycles. The predicted molar refractivity (Wildman–Crippen MR) is 27.3 cm³/mol. The standard InChI is InChI=1S/C3H5NOS/c1-2(4)3(5)6/h1,4H2,(H,5,6). The lowest BCUT2D eigenvalue weighted by molar-refractivity contribution is -0.107. The smallest absolute Gasteiger partial charge is 0.231 e. The van der Waals surface area contributed by atoms with Crippen molar-refractivity contribution in [3.05, 3.63) is 12.3 Å². The summed E-state index contributed by atoms with van der Waals surface area (Å²) in [5.41, 5.74) is 4.80. The third-order valence-electron chi connectivity index (χ3n) is 0.275. The minimum Gasteiger partial charge on any atom is -0.396 e. The molecule has 0 fully saturated rings. The second-order valence-corrected chi connectivity index (χ2v) is 1.24. The van der Waals surface area contributed by atoms with Gasteiger partial charge in [-0.15, -0.1) is 0 Å². The van der Waals surface area contributed by atoms with Crippen LogP contribution in [0.15, 0.2) is 12.3 Å². The van der Waals surface area contributed by atoms with E-state index in [1.54, 1.807) is 0 Å². The number of hydrogen-bond acceptors (Lipinski definition) is 2. The van der Waals surface area contributed by atoms with Crippen LogP contribution in [0, 0.1) is 0 Å². The van der Waals surface area contributed by atoms with Crippen molar-refractivity contribution in [1.29, 1.82) is 0 Å². The third kappa shape index (κ3) is 1.84. The van der Waals surface area contributed by atoms with Gasteiger partial charge in [-0.3, -0.25) is 4.79 Å². The Kier molecular flexibility index (Phi) is 1.73. The van der Waals surface area contributed by atoms with Gasteiger partial charge >= 0.3 is 0 Å². The van der Waals surface area contributed by atoms with Crippen molar-refractivity contribution in [2.45, 2.75) is 0 Å². The first-order valence-electron chi connectivity index (χ1n) is 1.32. The summed E-state index contributed by atoms with van der Waals surface area (Å²) in [7, 11) is 0. The predicted octanol–water partition coefficient (Wildman–Crippen LogP) is -0.0848. The van der Waals surface area contributed by atoms with Crippen LogP contribution in [0.1, 0.15) is 0 Å². The van der Waals surface area contributed by atoms with Crippen molar-refractivity contribution < 1.29 is 4.79 Å². The number of hydrogen-bond donors (Lipinski definition) is 2. The van der Waals surface area contributed by atoms with Crippen molar-refractivity contribution in [2.75, 3.05) is 0 Å². The lowest BCUT2D eigenvalue weighted by atomic mass is 10.6. The van der Waals surface area contributed by atoms with E-state index in [-0.39, 0.29) is 5.70 Å². The van der Waals surface area contributed by atoms with Gasteiger partial charge in [-0.1, -0.05) is 19.2 Å². The summed E-state index contributed by atoms with van der Waals surface area (Å²) in [6, 6.07) is 0. The Labute approximate surface area is 41.4 Å². The van der Waals surface area contributed by atoms with E-state index in [2.05, 4.69) is 19.2 Å². The van der Waals surface area contributed by atoms with Gasteiger partial charge in [0.2, 0.25) is 5.12 Å². The zero-order chi connectivity index (χ0) is 5.15. The molecule has 0 heterocycles. The minimum absolute atomic E-state index is 0.0154. The van der Waals surface area contributed by atoms with Gasteiger partial charge in [0, 0.05) is 0 Å². The van der Waals surface area contributed by atoms with Crippen LogP contribution in [0.5, 0.6) is 0 Å². The maximum atomic E-state index is 9.78. The van der Waals surface area contributed by atoms with Gasteiger partial charge in [-0.2, -0.15) is 0 Å². The molecule has 0 unspecified atom stereocenters. The van der Waals surface area contributed by atoms with E-state index in [0.29, 0.717) is 0 Å². The molecule has 6 heavy (non-hydrogen) atoms. The average molecular weight is 103 g/mol. The number of thiol groups is 1. The molecule has 3 heteroatoms. The van der Waals surface area contributed by atoms with E-state index in [1.807, 2.05) is 0 Å². The molecule has 0 saturated heterocycles. The molecule has 0 atom stereocenters. The van der Waals surface area contributed by atoms with Crippen LogP contribution in [0.2, 0.25) is 0 Å². The summed E-state index contributed by atoms with van der Waals surface area (Å²) < 4.78 is 0. The Bertz CT molecular complexity index is 76.8. The molecule has 0 bridgehead atoms. The number of carbonyl (C=O) groups is 1. The summed E-state index contributed by atoms with van der Waals surface area (Å²) in [6.45, 7) is 3.11. The van der Waals surface area contributed by atoms with Crippen molar-refractivity contribution in [3.63, 3.8) is 0 Å². The second kappa shape index (κ2) is 1.87. The molecule has 0 aliphatic rings. The van der Waals surface area contributed by atoms with Crippen LogP contribution in [0.3, 0.4) is 0 Å². The average Bonchev–Trinajstić information content (AvgIpc) is 1.36. The van der Waals surface area contributed by atoms with Gasteiger partial charge in [0.25, 0.3) is 0 Å². The number of carbonyl (C=O) groups excluding carboxylic acids is 1. The van der Waals surface area contributed by atoms with E-state index in [9.17, 15) is 4.79 Å². The van der Waals surface area contributed by atoms with E-state index < -0.39 is 5.12 Å². The molecule has 0 aromatic carbocycles. The van der Waals surface area contributed by atoms with Crippen LogP contribution >= 0.6 is 12.6 Å². The van der Waals surface area contributed by atoms with E-state index >= 15 is 0 Å². The Hall–Kier alpha value is -0.440. The Morgan fingerprint density at radius 1 is 1.83 bits per heavy atom. The summed E-state index contributed by atoms with van der Waals surface area (Å²) in [5.74, 6) is 0. The molecular weight excluding hydrogens is 98.1 g/mol. The Morgan fingerprint density at radius 2 is 2.00 bits per heavy atom. The molecule has 0 aromatic rings. The fourth-order valence-electron chi connectivity index (χ4n) is 0. The zero-order valence-corrected chi connectivity index (χ0v) is 4.03. The van der Waals surface area contributed by atoms with Gasteiger partial charge in [-0.05, 0) is 0 Å². The highest BCUT2D eigenvalue weighted by atomic mass is 32.1. The van der Waals surface area contributed by atoms with Crippen molar-refractivity contribution >= 4 is 17.7 Å². The van der Waals surface area contributed by atoms with Crippen molar-refractivity contribution in [1.82, 2.24) is 0 Å². The van der Waals surface area contributed by atoms with Crippen LogP contribution in [0.25, 0.3) is 0 Å². The van der Waals surface area contributed by atoms with Crippen LogP contribution in [-0.4, -0.2) is 5.12 Å². The molecule has 0 saturated carbocycles. The van der Waals surface area contributed by atoms with Crippen molar-refractivity contribution in [2.24, 2.45) is 5.73 Å². The van der Waals surface area contributed by atoms with E-state index in [1.165, 1.54) is 0 Å². The maximum Gasteiger partial charge on any atom is 0.231 e. The first kappa shape index (κ1) is 5.56. The fourth-order valence-corrected chi connectivity index (χ4v) is 0. The van der Waals surface area contributed by atoms with E-state index in [0.717, 1.165) is 0 Å². The number of nitrogens with two attached hydrogens (primary N) is 1. The van der Waals surface area contributed by atoms with Gasteiger partial charge in [-0.25, -0.2) is 0 Å². The SMILES string of the molecule is C=C(N)C(=O)S. The largest absolute Gasteiger partial charge is 0.396 e. The third-order valence-corrected chi connectivity index (χ3v) is 0.562. The summed E-state index contributed by atoms with van der Waals surface area (Å²) in [6.07, 6.45) is 0. The van der Waals surface area contributed by atoms with Gasteiger partial charge in [0.15, 0.2) is 0 Å². The summed E-state index contributed by atoms with van der Waals surface area (Å²) in [5, 5.41) is -0.463. The lowest BCUT2D eigenvalue weighted by Crippen LogP contribution is -2.01. The molecular formula is C3H5NOS.